The smallest absolute Gasteiger partial charge is 0.146 e. The van der Waals surface area contributed by atoms with Gasteiger partial charge in [-0.3, -0.25) is 0 Å². The number of rotatable bonds is 5. The van der Waals surface area contributed by atoms with Crippen LogP contribution in [0.5, 0.6) is 0 Å². The van der Waals surface area contributed by atoms with Crippen LogP contribution in [0.3, 0.4) is 0 Å². The second kappa shape index (κ2) is 5.85. The second-order valence-electron chi connectivity index (χ2n) is 4.14. The van der Waals surface area contributed by atoms with Gasteiger partial charge in [-0.15, -0.1) is 10.2 Å². The van der Waals surface area contributed by atoms with E-state index in [1.807, 2.05) is 0 Å². The van der Waals surface area contributed by atoms with Crippen LogP contribution in [0.2, 0.25) is 0 Å². The van der Waals surface area contributed by atoms with Crippen LogP contribution in [0, 0.1) is 11.6 Å². The highest BCUT2D eigenvalue weighted by Crippen LogP contribution is 2.19. The van der Waals surface area contributed by atoms with E-state index < -0.39 is 17.7 Å². The topological polar surface area (TPSA) is 63.0 Å². The van der Waals surface area contributed by atoms with Gasteiger partial charge in [0.05, 0.1) is 18.2 Å². The van der Waals surface area contributed by atoms with Crippen LogP contribution in [0.15, 0.2) is 24.5 Å². The average Bonchev–Trinajstić information content (AvgIpc) is 2.75. The van der Waals surface area contributed by atoms with Gasteiger partial charge >= 0.3 is 0 Å². The summed E-state index contributed by atoms with van der Waals surface area (Å²) in [6.07, 6.45) is 0.290. The van der Waals surface area contributed by atoms with Crippen molar-refractivity contribution in [2.75, 3.05) is 6.54 Å². The van der Waals surface area contributed by atoms with Crippen molar-refractivity contribution < 1.29 is 13.9 Å². The lowest BCUT2D eigenvalue weighted by molar-refractivity contribution is 0.164. The Bertz CT molecular complexity index is 538. The van der Waals surface area contributed by atoms with Crippen LogP contribution in [0.25, 0.3) is 0 Å². The van der Waals surface area contributed by atoms with Crippen LogP contribution >= 0.6 is 0 Å². The standard InChI is InChI=1S/C12H14F2N4O/c1-18-7-16-17-11(18)6-15-5-10(19)12-8(13)3-2-4-9(12)14/h2-4,7,10,15,19H,5-6H2,1H3. The number of nitrogens with zero attached hydrogens (tertiary/aromatic N) is 3. The van der Waals surface area contributed by atoms with Gasteiger partial charge < -0.3 is 15.0 Å². The Morgan fingerprint density at radius 2 is 2.05 bits per heavy atom. The summed E-state index contributed by atoms with van der Waals surface area (Å²) in [5.41, 5.74) is -0.326. The van der Waals surface area contributed by atoms with Gasteiger partial charge in [-0.2, -0.15) is 0 Å². The molecule has 102 valence electrons. The molecule has 1 aromatic heterocycles. The lowest BCUT2D eigenvalue weighted by atomic mass is 10.1. The highest BCUT2D eigenvalue weighted by atomic mass is 19.1. The maximum atomic E-state index is 13.4. The summed E-state index contributed by atoms with van der Waals surface area (Å²) in [5.74, 6) is -0.845. The molecule has 0 bridgehead atoms. The van der Waals surface area contributed by atoms with Crippen molar-refractivity contribution in [3.05, 3.63) is 47.5 Å². The first kappa shape index (κ1) is 13.6. The van der Waals surface area contributed by atoms with Crippen molar-refractivity contribution in [1.82, 2.24) is 20.1 Å². The molecule has 0 radical (unpaired) electrons. The van der Waals surface area contributed by atoms with Gasteiger partial charge in [0.2, 0.25) is 0 Å². The molecule has 0 saturated carbocycles. The highest BCUT2D eigenvalue weighted by Gasteiger charge is 2.17. The predicted octanol–water partition coefficient (Wildman–Crippen LogP) is 0.916. The van der Waals surface area contributed by atoms with E-state index in [0.29, 0.717) is 12.4 Å². The number of halogens is 2. The van der Waals surface area contributed by atoms with E-state index in [9.17, 15) is 13.9 Å². The van der Waals surface area contributed by atoms with Crippen LogP contribution in [0.1, 0.15) is 17.5 Å². The summed E-state index contributed by atoms with van der Waals surface area (Å²) in [6, 6.07) is 3.49. The molecule has 0 spiro atoms. The fourth-order valence-electron chi connectivity index (χ4n) is 1.72. The molecular weight excluding hydrogens is 254 g/mol. The van der Waals surface area contributed by atoms with Gasteiger partial charge in [0.15, 0.2) is 0 Å². The molecule has 0 aliphatic heterocycles. The van der Waals surface area contributed by atoms with E-state index >= 15 is 0 Å². The molecule has 2 N–H and O–H groups in total. The van der Waals surface area contributed by atoms with Crippen LogP contribution in [-0.2, 0) is 13.6 Å². The summed E-state index contributed by atoms with van der Waals surface area (Å²) in [6.45, 7) is 0.369. The molecule has 2 rings (SSSR count). The molecule has 0 fully saturated rings. The number of aliphatic hydroxyl groups excluding tert-OH is 1. The van der Waals surface area contributed by atoms with Gasteiger partial charge in [0.25, 0.3) is 0 Å². The Labute approximate surface area is 108 Å². The third-order valence-electron chi connectivity index (χ3n) is 2.76. The third kappa shape index (κ3) is 3.12. The van der Waals surface area contributed by atoms with E-state index in [1.54, 1.807) is 17.9 Å². The van der Waals surface area contributed by atoms with Gasteiger partial charge in [-0.25, -0.2) is 8.78 Å². The minimum absolute atomic E-state index is 0.0186. The SMILES string of the molecule is Cn1cnnc1CNCC(O)c1c(F)cccc1F. The quantitative estimate of drug-likeness (QED) is 0.846. The molecule has 1 unspecified atom stereocenters. The van der Waals surface area contributed by atoms with E-state index in [4.69, 9.17) is 0 Å². The predicted molar refractivity (Wildman–Crippen MR) is 64.0 cm³/mol. The lowest BCUT2D eigenvalue weighted by Crippen LogP contribution is -2.23. The molecule has 5 nitrogen and oxygen atoms in total. The Morgan fingerprint density at radius 3 is 2.63 bits per heavy atom. The normalized spacial score (nSPS) is 12.6. The molecule has 19 heavy (non-hydrogen) atoms. The Balaban J connectivity index is 1.95. The molecule has 0 aliphatic rings. The number of hydrogen-bond acceptors (Lipinski definition) is 4. The molecule has 1 heterocycles. The highest BCUT2D eigenvalue weighted by molar-refractivity contribution is 5.22. The van der Waals surface area contributed by atoms with Crippen molar-refractivity contribution >= 4 is 0 Å². The zero-order valence-electron chi connectivity index (χ0n) is 10.3. The number of aromatic nitrogens is 3. The fourth-order valence-corrected chi connectivity index (χ4v) is 1.72. The molecule has 2 aromatic rings. The zero-order chi connectivity index (χ0) is 13.8. The minimum atomic E-state index is -1.26. The second-order valence-corrected chi connectivity index (χ2v) is 4.14. The van der Waals surface area contributed by atoms with E-state index in [2.05, 4.69) is 15.5 Å². The number of nitrogens with one attached hydrogen (secondary N) is 1. The van der Waals surface area contributed by atoms with Gasteiger partial charge in [-0.1, -0.05) is 6.07 Å². The Kier molecular flexibility index (Phi) is 4.18. The maximum absolute atomic E-state index is 13.4. The molecular formula is C12H14F2N4O. The first-order valence-electron chi connectivity index (χ1n) is 5.75. The van der Waals surface area contributed by atoms with E-state index in [0.717, 1.165) is 12.1 Å². The number of hydrogen-bond donors (Lipinski definition) is 2. The lowest BCUT2D eigenvalue weighted by Gasteiger charge is -2.13. The Morgan fingerprint density at radius 1 is 1.37 bits per heavy atom. The molecule has 1 atom stereocenters. The summed E-state index contributed by atoms with van der Waals surface area (Å²) >= 11 is 0. The van der Waals surface area contributed by atoms with E-state index in [1.165, 1.54) is 6.07 Å². The Hall–Kier alpha value is -1.86. The minimum Gasteiger partial charge on any atom is -0.387 e. The molecule has 0 saturated heterocycles. The summed E-state index contributed by atoms with van der Waals surface area (Å²) in [5, 5.41) is 20.2. The van der Waals surface area contributed by atoms with Crippen molar-refractivity contribution in [3.8, 4) is 0 Å². The monoisotopic (exact) mass is 268 g/mol. The van der Waals surface area contributed by atoms with Gasteiger partial charge in [0.1, 0.15) is 23.8 Å². The van der Waals surface area contributed by atoms with Crippen molar-refractivity contribution in [2.45, 2.75) is 12.6 Å². The number of benzene rings is 1. The summed E-state index contributed by atoms with van der Waals surface area (Å²) < 4.78 is 28.5. The van der Waals surface area contributed by atoms with Crippen LogP contribution < -0.4 is 5.32 Å². The number of aryl methyl sites for hydroxylation is 1. The summed E-state index contributed by atoms with van der Waals surface area (Å²) in [7, 11) is 1.78. The zero-order valence-corrected chi connectivity index (χ0v) is 10.3. The van der Waals surface area contributed by atoms with Gasteiger partial charge in [-0.05, 0) is 12.1 Å². The largest absolute Gasteiger partial charge is 0.387 e. The first-order chi connectivity index (χ1) is 9.09. The fraction of sp³-hybridized carbons (Fsp3) is 0.333. The maximum Gasteiger partial charge on any atom is 0.146 e. The van der Waals surface area contributed by atoms with Crippen LogP contribution in [-0.4, -0.2) is 26.4 Å². The average molecular weight is 268 g/mol. The van der Waals surface area contributed by atoms with E-state index in [-0.39, 0.29) is 12.1 Å². The number of aliphatic hydroxyl groups is 1. The van der Waals surface area contributed by atoms with Crippen molar-refractivity contribution in [2.24, 2.45) is 7.05 Å². The van der Waals surface area contributed by atoms with Crippen LogP contribution in [0.4, 0.5) is 8.78 Å². The van der Waals surface area contributed by atoms with Crippen molar-refractivity contribution in [1.29, 1.82) is 0 Å². The van der Waals surface area contributed by atoms with Gasteiger partial charge in [0, 0.05) is 13.6 Å². The molecule has 1 aromatic carbocycles. The first-order valence-corrected chi connectivity index (χ1v) is 5.75. The molecule has 0 amide bonds. The third-order valence-corrected chi connectivity index (χ3v) is 2.76. The van der Waals surface area contributed by atoms with Crippen molar-refractivity contribution in [3.63, 3.8) is 0 Å². The molecule has 7 heteroatoms. The summed E-state index contributed by atoms with van der Waals surface area (Å²) in [4.78, 5) is 0. The molecule has 0 aliphatic carbocycles.